The molecule has 0 radical (unpaired) electrons. The van der Waals surface area contributed by atoms with Crippen LogP contribution in [-0.2, 0) is 0 Å². The summed E-state index contributed by atoms with van der Waals surface area (Å²) in [4.78, 5) is 8.04. The van der Waals surface area contributed by atoms with Crippen LogP contribution in [0.2, 0.25) is 5.15 Å². The van der Waals surface area contributed by atoms with Crippen molar-refractivity contribution in [3.05, 3.63) is 46.3 Å². The van der Waals surface area contributed by atoms with E-state index in [1.807, 2.05) is 30.3 Å². The van der Waals surface area contributed by atoms with Gasteiger partial charge in [-0.05, 0) is 15.9 Å². The highest BCUT2D eigenvalue weighted by molar-refractivity contribution is 9.10. The molecule has 0 saturated heterocycles. The average Bonchev–Trinajstić information content (AvgIpc) is 2.23. The summed E-state index contributed by atoms with van der Waals surface area (Å²) in [5, 5.41) is 0.429. The largest absolute Gasteiger partial charge is 0.235 e. The molecular formula is C10H6BrClN2. The lowest BCUT2D eigenvalue weighted by atomic mass is 10.1. The third-order valence-corrected chi connectivity index (χ3v) is 3.06. The van der Waals surface area contributed by atoms with E-state index in [1.54, 1.807) is 0 Å². The van der Waals surface area contributed by atoms with Crippen LogP contribution in [0.25, 0.3) is 11.3 Å². The first-order valence-electron chi connectivity index (χ1n) is 4.00. The van der Waals surface area contributed by atoms with E-state index in [1.165, 1.54) is 6.33 Å². The van der Waals surface area contributed by atoms with Gasteiger partial charge in [-0.25, -0.2) is 9.97 Å². The maximum absolute atomic E-state index is 5.87. The monoisotopic (exact) mass is 268 g/mol. The molecule has 2 aromatic rings. The Morgan fingerprint density at radius 2 is 1.79 bits per heavy atom. The first kappa shape index (κ1) is 9.62. The van der Waals surface area contributed by atoms with Crippen molar-refractivity contribution in [2.75, 3.05) is 0 Å². The summed E-state index contributed by atoms with van der Waals surface area (Å²) in [7, 11) is 0. The Hall–Kier alpha value is -0.930. The number of benzene rings is 1. The second-order valence-corrected chi connectivity index (χ2v) is 3.84. The van der Waals surface area contributed by atoms with Crippen LogP contribution in [0.1, 0.15) is 0 Å². The van der Waals surface area contributed by atoms with E-state index in [4.69, 9.17) is 11.6 Å². The molecule has 0 amide bonds. The van der Waals surface area contributed by atoms with E-state index in [0.29, 0.717) is 5.15 Å². The van der Waals surface area contributed by atoms with Gasteiger partial charge in [0.25, 0.3) is 0 Å². The quantitative estimate of drug-likeness (QED) is 0.740. The molecule has 0 aliphatic carbocycles. The lowest BCUT2D eigenvalue weighted by Crippen LogP contribution is -1.88. The zero-order chi connectivity index (χ0) is 9.97. The fourth-order valence-electron chi connectivity index (χ4n) is 1.15. The maximum atomic E-state index is 5.87. The molecule has 2 rings (SSSR count). The van der Waals surface area contributed by atoms with Crippen LogP contribution in [-0.4, -0.2) is 9.97 Å². The number of aromatic nitrogens is 2. The van der Waals surface area contributed by atoms with E-state index >= 15 is 0 Å². The average molecular weight is 270 g/mol. The Kier molecular flexibility index (Phi) is 2.79. The van der Waals surface area contributed by atoms with Crippen molar-refractivity contribution in [2.45, 2.75) is 0 Å². The molecule has 0 aliphatic rings. The molecule has 1 heterocycles. The lowest BCUT2D eigenvalue weighted by molar-refractivity contribution is 1.16. The summed E-state index contributed by atoms with van der Waals surface area (Å²) in [5.41, 5.74) is 1.83. The SMILES string of the molecule is Clc1ncnc(-c2ccccc2)c1Br. The molecule has 0 spiro atoms. The van der Waals surface area contributed by atoms with Crippen molar-refractivity contribution < 1.29 is 0 Å². The van der Waals surface area contributed by atoms with Crippen LogP contribution >= 0.6 is 27.5 Å². The predicted octanol–water partition coefficient (Wildman–Crippen LogP) is 3.56. The van der Waals surface area contributed by atoms with Gasteiger partial charge in [0.05, 0.1) is 10.2 Å². The minimum absolute atomic E-state index is 0.429. The Labute approximate surface area is 95.1 Å². The van der Waals surface area contributed by atoms with Gasteiger partial charge in [-0.2, -0.15) is 0 Å². The first-order valence-corrected chi connectivity index (χ1v) is 5.17. The Balaban J connectivity index is 2.58. The van der Waals surface area contributed by atoms with Crippen LogP contribution in [0.5, 0.6) is 0 Å². The van der Waals surface area contributed by atoms with Gasteiger partial charge in [-0.3, -0.25) is 0 Å². The van der Waals surface area contributed by atoms with Gasteiger partial charge in [0, 0.05) is 5.56 Å². The van der Waals surface area contributed by atoms with Gasteiger partial charge in [0.2, 0.25) is 0 Å². The van der Waals surface area contributed by atoms with Gasteiger partial charge in [-0.1, -0.05) is 41.9 Å². The standard InChI is InChI=1S/C10H6BrClN2/c11-8-9(13-6-14-10(8)12)7-4-2-1-3-5-7/h1-6H. The van der Waals surface area contributed by atoms with Crippen molar-refractivity contribution in [3.63, 3.8) is 0 Å². The summed E-state index contributed by atoms with van der Waals surface area (Å²) in [5.74, 6) is 0. The fourth-order valence-corrected chi connectivity index (χ4v) is 1.71. The molecule has 0 N–H and O–H groups in total. The minimum Gasteiger partial charge on any atom is -0.235 e. The Bertz CT molecular complexity index is 445. The smallest absolute Gasteiger partial charge is 0.147 e. The fraction of sp³-hybridized carbons (Fsp3) is 0. The van der Waals surface area contributed by atoms with Crippen molar-refractivity contribution in [3.8, 4) is 11.3 Å². The normalized spacial score (nSPS) is 10.1. The van der Waals surface area contributed by atoms with E-state index in [-0.39, 0.29) is 0 Å². The maximum Gasteiger partial charge on any atom is 0.147 e. The van der Waals surface area contributed by atoms with Gasteiger partial charge in [0.15, 0.2) is 0 Å². The van der Waals surface area contributed by atoms with E-state index < -0.39 is 0 Å². The third kappa shape index (κ3) is 1.79. The number of hydrogen-bond acceptors (Lipinski definition) is 2. The first-order chi connectivity index (χ1) is 6.79. The van der Waals surface area contributed by atoms with Crippen LogP contribution in [0, 0.1) is 0 Å². The zero-order valence-electron chi connectivity index (χ0n) is 7.11. The summed E-state index contributed by atoms with van der Waals surface area (Å²) in [6, 6.07) is 9.82. The highest BCUT2D eigenvalue weighted by atomic mass is 79.9. The van der Waals surface area contributed by atoms with E-state index in [9.17, 15) is 0 Å². The van der Waals surface area contributed by atoms with Gasteiger partial charge in [-0.15, -0.1) is 0 Å². The summed E-state index contributed by atoms with van der Waals surface area (Å²) < 4.78 is 0.730. The van der Waals surface area contributed by atoms with E-state index in [0.717, 1.165) is 15.7 Å². The number of hydrogen-bond donors (Lipinski definition) is 0. The Morgan fingerprint density at radius 1 is 1.07 bits per heavy atom. The third-order valence-electron chi connectivity index (χ3n) is 1.79. The van der Waals surface area contributed by atoms with Gasteiger partial charge < -0.3 is 0 Å². The molecule has 0 saturated carbocycles. The van der Waals surface area contributed by atoms with Crippen molar-refractivity contribution in [2.24, 2.45) is 0 Å². The highest BCUT2D eigenvalue weighted by Crippen LogP contribution is 2.29. The molecule has 4 heteroatoms. The van der Waals surface area contributed by atoms with Gasteiger partial charge >= 0.3 is 0 Å². The molecular weight excluding hydrogens is 263 g/mol. The van der Waals surface area contributed by atoms with Crippen molar-refractivity contribution >= 4 is 27.5 Å². The van der Waals surface area contributed by atoms with Crippen LogP contribution < -0.4 is 0 Å². The molecule has 70 valence electrons. The summed E-state index contributed by atoms with van der Waals surface area (Å²) >= 11 is 9.23. The van der Waals surface area contributed by atoms with Crippen LogP contribution in [0.15, 0.2) is 41.1 Å². The molecule has 1 aromatic heterocycles. The number of nitrogens with zero attached hydrogens (tertiary/aromatic N) is 2. The summed E-state index contributed by atoms with van der Waals surface area (Å²) in [6.07, 6.45) is 1.45. The van der Waals surface area contributed by atoms with Crippen LogP contribution in [0.3, 0.4) is 0 Å². The lowest BCUT2D eigenvalue weighted by Gasteiger charge is -2.03. The zero-order valence-corrected chi connectivity index (χ0v) is 9.46. The van der Waals surface area contributed by atoms with Crippen molar-refractivity contribution in [1.29, 1.82) is 0 Å². The molecule has 14 heavy (non-hydrogen) atoms. The molecule has 0 bridgehead atoms. The summed E-state index contributed by atoms with van der Waals surface area (Å²) in [6.45, 7) is 0. The van der Waals surface area contributed by atoms with Crippen molar-refractivity contribution in [1.82, 2.24) is 9.97 Å². The molecule has 0 atom stereocenters. The molecule has 0 aliphatic heterocycles. The molecule has 1 aromatic carbocycles. The molecule has 2 nitrogen and oxygen atoms in total. The highest BCUT2D eigenvalue weighted by Gasteiger charge is 2.07. The number of rotatable bonds is 1. The predicted molar refractivity (Wildman–Crippen MR) is 60.2 cm³/mol. The van der Waals surface area contributed by atoms with E-state index in [2.05, 4.69) is 25.9 Å². The molecule has 0 unspecified atom stereocenters. The molecule has 0 fully saturated rings. The second-order valence-electron chi connectivity index (χ2n) is 2.69. The number of halogens is 2. The topological polar surface area (TPSA) is 25.8 Å². The van der Waals surface area contributed by atoms with Crippen LogP contribution in [0.4, 0.5) is 0 Å². The van der Waals surface area contributed by atoms with Gasteiger partial charge in [0.1, 0.15) is 11.5 Å². The Morgan fingerprint density at radius 3 is 2.50 bits per heavy atom. The minimum atomic E-state index is 0.429. The second kappa shape index (κ2) is 4.07.